The monoisotopic (exact) mass is 517 g/mol. The Morgan fingerprint density at radius 1 is 0.944 bits per heavy atom. The number of carbonyl (C=O) groups excluding carboxylic acids is 1. The zero-order chi connectivity index (χ0) is 27.3. The molecule has 2 aromatic carbocycles. The molecule has 0 heterocycles. The predicted molar refractivity (Wildman–Crippen MR) is 123 cm³/mol. The Kier molecular flexibility index (Phi) is 9.20. The van der Waals surface area contributed by atoms with E-state index in [4.69, 9.17) is 15.6 Å². The molecule has 1 amide bonds. The van der Waals surface area contributed by atoms with Crippen molar-refractivity contribution in [2.45, 2.75) is 64.7 Å². The van der Waals surface area contributed by atoms with Gasteiger partial charge in [-0.2, -0.15) is 26.3 Å². The third-order valence-corrected chi connectivity index (χ3v) is 6.37. The lowest BCUT2D eigenvalue weighted by atomic mass is 9.72. The lowest BCUT2D eigenvalue weighted by Crippen LogP contribution is -2.21. The summed E-state index contributed by atoms with van der Waals surface area (Å²) in [5, 5.41) is 7.12. The molecule has 0 spiro atoms. The molecule has 3 N–H and O–H groups in total. The maximum Gasteiger partial charge on any atom is 0.490 e. The van der Waals surface area contributed by atoms with Crippen LogP contribution < -0.4 is 5.73 Å². The highest BCUT2D eigenvalue weighted by Gasteiger charge is 2.38. The molecule has 4 nitrogen and oxygen atoms in total. The smallest absolute Gasteiger partial charge is 0.475 e. The summed E-state index contributed by atoms with van der Waals surface area (Å²) in [6, 6.07) is 10.8. The second-order valence-electron chi connectivity index (χ2n) is 9.81. The summed E-state index contributed by atoms with van der Waals surface area (Å²) < 4.78 is 71.2. The summed E-state index contributed by atoms with van der Waals surface area (Å²) in [6.45, 7) is 4.67. The number of aryl methyl sites for hydroxylation is 1. The molecule has 0 radical (unpaired) electrons. The van der Waals surface area contributed by atoms with Crippen LogP contribution in [0.5, 0.6) is 0 Å². The molecule has 1 fully saturated rings. The number of hydrogen-bond acceptors (Lipinski definition) is 2. The molecule has 1 aliphatic rings. The highest BCUT2D eigenvalue weighted by Crippen LogP contribution is 2.39. The van der Waals surface area contributed by atoms with Crippen molar-refractivity contribution in [1.82, 2.24) is 0 Å². The average molecular weight is 518 g/mol. The maximum absolute atomic E-state index is 13.2. The van der Waals surface area contributed by atoms with Gasteiger partial charge >= 0.3 is 18.3 Å². The van der Waals surface area contributed by atoms with E-state index in [1.54, 1.807) is 0 Å². The number of carboxylic acid groups (broad SMARTS) is 1. The minimum atomic E-state index is -5.08. The Hall–Kier alpha value is -3.04. The van der Waals surface area contributed by atoms with Crippen molar-refractivity contribution in [3.05, 3.63) is 59.2 Å². The number of rotatable bonds is 5. The Bertz CT molecular complexity index is 1050. The van der Waals surface area contributed by atoms with Gasteiger partial charge in [0, 0.05) is 5.56 Å². The van der Waals surface area contributed by atoms with Crippen LogP contribution in [0.2, 0.25) is 0 Å². The van der Waals surface area contributed by atoms with Gasteiger partial charge in [-0.05, 0) is 84.7 Å². The van der Waals surface area contributed by atoms with Crippen LogP contribution in [0.4, 0.5) is 26.3 Å². The molecular formula is C26H29F6NO3. The van der Waals surface area contributed by atoms with E-state index in [9.17, 15) is 31.1 Å². The van der Waals surface area contributed by atoms with Crippen molar-refractivity contribution < 1.29 is 41.0 Å². The zero-order valence-electron chi connectivity index (χ0n) is 20.0. The Morgan fingerprint density at radius 3 is 1.92 bits per heavy atom. The van der Waals surface area contributed by atoms with E-state index in [1.165, 1.54) is 37.3 Å². The van der Waals surface area contributed by atoms with Gasteiger partial charge < -0.3 is 10.8 Å². The van der Waals surface area contributed by atoms with Gasteiger partial charge in [0.2, 0.25) is 5.91 Å². The molecule has 0 bridgehead atoms. The standard InChI is InChI=1S/C24H28F3NO.C2HF3O2/c1-23(2)11-9-17(10-12-23)4-3-16-5-7-18(8-6-16)19-13-20(22(28)29)15-21(14-19)24(25,26)27;3-2(4,5)1(6)7/h5-8,13-15,17H,3-4,9-12H2,1-2H3,(H2,28,29);(H,6,7). The molecule has 1 saturated carbocycles. The van der Waals surface area contributed by atoms with Crippen molar-refractivity contribution in [3.63, 3.8) is 0 Å². The third-order valence-electron chi connectivity index (χ3n) is 6.37. The number of hydrogen-bond donors (Lipinski definition) is 2. The first-order valence-corrected chi connectivity index (χ1v) is 11.4. The summed E-state index contributed by atoms with van der Waals surface area (Å²) in [4.78, 5) is 20.3. The molecule has 0 saturated heterocycles. The fourth-order valence-electron chi connectivity index (χ4n) is 4.08. The second-order valence-corrected chi connectivity index (χ2v) is 9.81. The molecule has 10 heteroatoms. The van der Waals surface area contributed by atoms with Crippen LogP contribution in [0.25, 0.3) is 11.1 Å². The van der Waals surface area contributed by atoms with Gasteiger partial charge in [0.25, 0.3) is 0 Å². The quantitative estimate of drug-likeness (QED) is 0.410. The average Bonchev–Trinajstić information content (AvgIpc) is 2.77. The minimum Gasteiger partial charge on any atom is -0.475 e. The normalized spacial score (nSPS) is 16.1. The SMILES string of the molecule is CC1(C)CCC(CCc2ccc(-c3cc(C(N)=O)cc(C(F)(F)F)c3)cc2)CC1.O=C(O)C(F)(F)F. The predicted octanol–water partition coefficient (Wildman–Crippen LogP) is 7.25. The van der Waals surface area contributed by atoms with Crippen molar-refractivity contribution in [2.24, 2.45) is 17.1 Å². The number of amides is 1. The Morgan fingerprint density at radius 2 is 1.47 bits per heavy atom. The van der Waals surface area contributed by atoms with E-state index in [0.717, 1.165) is 30.9 Å². The van der Waals surface area contributed by atoms with Crippen molar-refractivity contribution in [2.75, 3.05) is 0 Å². The van der Waals surface area contributed by atoms with E-state index < -0.39 is 29.8 Å². The van der Waals surface area contributed by atoms with Gasteiger partial charge in [0.1, 0.15) is 0 Å². The molecule has 2 aromatic rings. The summed E-state index contributed by atoms with van der Waals surface area (Å²) in [6.07, 6.45) is -2.42. The van der Waals surface area contributed by atoms with Crippen molar-refractivity contribution in [1.29, 1.82) is 0 Å². The second kappa shape index (κ2) is 11.3. The van der Waals surface area contributed by atoms with E-state index in [0.29, 0.717) is 16.5 Å². The van der Waals surface area contributed by atoms with Gasteiger partial charge in [-0.15, -0.1) is 0 Å². The molecule has 0 aromatic heterocycles. The first-order valence-electron chi connectivity index (χ1n) is 11.4. The molecule has 0 aliphatic heterocycles. The fourth-order valence-corrected chi connectivity index (χ4v) is 4.08. The van der Waals surface area contributed by atoms with Gasteiger partial charge in [-0.3, -0.25) is 4.79 Å². The van der Waals surface area contributed by atoms with Gasteiger partial charge in [0.15, 0.2) is 0 Å². The maximum atomic E-state index is 13.2. The fraction of sp³-hybridized carbons (Fsp3) is 0.462. The number of primary amides is 1. The molecule has 36 heavy (non-hydrogen) atoms. The molecular weight excluding hydrogens is 488 g/mol. The molecule has 0 unspecified atom stereocenters. The van der Waals surface area contributed by atoms with E-state index in [1.807, 2.05) is 24.3 Å². The molecule has 1 aliphatic carbocycles. The third kappa shape index (κ3) is 8.87. The number of alkyl halides is 6. The number of nitrogens with two attached hydrogens (primary N) is 1. The summed E-state index contributed by atoms with van der Waals surface area (Å²) >= 11 is 0. The minimum absolute atomic E-state index is 0.140. The molecule has 198 valence electrons. The van der Waals surface area contributed by atoms with E-state index in [2.05, 4.69) is 13.8 Å². The molecule has 3 rings (SSSR count). The van der Waals surface area contributed by atoms with Gasteiger partial charge in [-0.25, -0.2) is 4.79 Å². The van der Waals surface area contributed by atoms with Crippen LogP contribution >= 0.6 is 0 Å². The van der Waals surface area contributed by atoms with Crippen molar-refractivity contribution in [3.8, 4) is 11.1 Å². The summed E-state index contributed by atoms with van der Waals surface area (Å²) in [7, 11) is 0. The largest absolute Gasteiger partial charge is 0.490 e. The van der Waals surface area contributed by atoms with Gasteiger partial charge in [-0.1, -0.05) is 38.1 Å². The topological polar surface area (TPSA) is 80.4 Å². The Labute approximate surface area is 205 Å². The number of aliphatic carboxylic acids is 1. The number of carboxylic acids is 1. The van der Waals surface area contributed by atoms with E-state index in [-0.39, 0.29) is 5.56 Å². The van der Waals surface area contributed by atoms with Crippen LogP contribution in [0, 0.1) is 11.3 Å². The van der Waals surface area contributed by atoms with Crippen LogP contribution in [0.3, 0.4) is 0 Å². The first-order chi connectivity index (χ1) is 16.5. The van der Waals surface area contributed by atoms with Crippen LogP contribution in [0.15, 0.2) is 42.5 Å². The van der Waals surface area contributed by atoms with Crippen LogP contribution in [-0.4, -0.2) is 23.2 Å². The lowest BCUT2D eigenvalue weighted by molar-refractivity contribution is -0.192. The zero-order valence-corrected chi connectivity index (χ0v) is 20.0. The Balaban J connectivity index is 0.000000572. The van der Waals surface area contributed by atoms with E-state index >= 15 is 0 Å². The molecule has 0 atom stereocenters. The summed E-state index contributed by atoms with van der Waals surface area (Å²) in [5.41, 5.74) is 6.84. The highest BCUT2D eigenvalue weighted by molar-refractivity contribution is 5.94. The summed E-state index contributed by atoms with van der Waals surface area (Å²) in [5.74, 6) is -2.87. The first kappa shape index (κ1) is 29.2. The number of benzene rings is 2. The van der Waals surface area contributed by atoms with Crippen molar-refractivity contribution >= 4 is 11.9 Å². The van der Waals surface area contributed by atoms with Crippen LogP contribution in [-0.2, 0) is 17.4 Å². The van der Waals surface area contributed by atoms with Crippen LogP contribution in [0.1, 0.15) is 67.4 Å². The van der Waals surface area contributed by atoms with Gasteiger partial charge in [0.05, 0.1) is 5.56 Å². The lowest BCUT2D eigenvalue weighted by Gasteiger charge is -2.34. The highest BCUT2D eigenvalue weighted by atomic mass is 19.4. The number of halogens is 6. The number of carbonyl (C=O) groups is 2.